The molecule has 20 heavy (non-hydrogen) atoms. The number of carboxylic acids is 1. The number of halogens is 2. The van der Waals surface area contributed by atoms with E-state index in [2.05, 4.69) is 4.90 Å². The number of benzene rings is 1. The summed E-state index contributed by atoms with van der Waals surface area (Å²) in [5, 5.41) is 10.5. The van der Waals surface area contributed by atoms with Crippen molar-refractivity contribution in [3.05, 3.63) is 33.8 Å². The largest absolute Gasteiger partial charge is 0.480 e. The zero-order chi connectivity index (χ0) is 14.7. The van der Waals surface area contributed by atoms with Crippen LogP contribution in [-0.4, -0.2) is 60.1 Å². The Bertz CT molecular complexity index is 468. The number of hydrogen-bond donors (Lipinski definition) is 1. The van der Waals surface area contributed by atoms with Gasteiger partial charge in [0.15, 0.2) is 0 Å². The van der Waals surface area contributed by atoms with Gasteiger partial charge in [0.1, 0.15) is 6.04 Å². The van der Waals surface area contributed by atoms with E-state index in [0.29, 0.717) is 16.5 Å². The summed E-state index contributed by atoms with van der Waals surface area (Å²) in [5.41, 5.74) is 0.855. The fourth-order valence-electron chi connectivity index (χ4n) is 2.46. The third kappa shape index (κ3) is 4.09. The van der Waals surface area contributed by atoms with Crippen LogP contribution in [-0.2, 0) is 11.2 Å². The molecule has 1 fully saturated rings. The summed E-state index contributed by atoms with van der Waals surface area (Å²) in [6.07, 6.45) is 0.416. The lowest BCUT2D eigenvalue weighted by Crippen LogP contribution is -2.52. The minimum absolute atomic E-state index is 0.416. The Morgan fingerprint density at radius 1 is 1.20 bits per heavy atom. The van der Waals surface area contributed by atoms with Gasteiger partial charge in [0.05, 0.1) is 0 Å². The molecule has 1 saturated heterocycles. The zero-order valence-corrected chi connectivity index (χ0v) is 12.9. The molecule has 1 aliphatic heterocycles. The van der Waals surface area contributed by atoms with Crippen molar-refractivity contribution in [2.75, 3.05) is 33.2 Å². The molecule has 1 heterocycles. The molecule has 1 aromatic rings. The van der Waals surface area contributed by atoms with Crippen molar-refractivity contribution in [3.8, 4) is 0 Å². The molecule has 0 aliphatic carbocycles. The van der Waals surface area contributed by atoms with Crippen LogP contribution in [0.1, 0.15) is 5.56 Å². The van der Waals surface area contributed by atoms with Crippen LogP contribution >= 0.6 is 23.2 Å². The summed E-state index contributed by atoms with van der Waals surface area (Å²) >= 11 is 11.9. The highest BCUT2D eigenvalue weighted by atomic mass is 35.5. The summed E-state index contributed by atoms with van der Waals surface area (Å²) in [6, 6.07) is 4.68. The van der Waals surface area contributed by atoms with Crippen molar-refractivity contribution >= 4 is 29.2 Å². The lowest BCUT2D eigenvalue weighted by molar-refractivity contribution is -0.144. The van der Waals surface area contributed by atoms with Gasteiger partial charge < -0.3 is 10.0 Å². The van der Waals surface area contributed by atoms with E-state index in [1.54, 1.807) is 18.2 Å². The number of nitrogens with zero attached hydrogens (tertiary/aromatic N) is 2. The van der Waals surface area contributed by atoms with Crippen LogP contribution in [0.2, 0.25) is 10.0 Å². The molecule has 2 rings (SSSR count). The van der Waals surface area contributed by atoms with Gasteiger partial charge in [-0.05, 0) is 37.2 Å². The van der Waals surface area contributed by atoms with Gasteiger partial charge >= 0.3 is 5.97 Å². The molecule has 0 aromatic heterocycles. The Hall–Kier alpha value is -0.810. The van der Waals surface area contributed by atoms with Gasteiger partial charge in [-0.15, -0.1) is 0 Å². The third-order valence-corrected chi connectivity index (χ3v) is 4.05. The van der Waals surface area contributed by atoms with E-state index in [1.807, 2.05) is 11.9 Å². The van der Waals surface area contributed by atoms with E-state index in [9.17, 15) is 9.90 Å². The zero-order valence-electron chi connectivity index (χ0n) is 11.4. The molecular weight excluding hydrogens is 299 g/mol. The van der Waals surface area contributed by atoms with Crippen molar-refractivity contribution in [2.45, 2.75) is 12.5 Å². The maximum Gasteiger partial charge on any atom is 0.321 e. The number of likely N-dealkylation sites (N-methyl/N-ethyl adjacent to an activating group) is 1. The van der Waals surface area contributed by atoms with E-state index in [0.717, 1.165) is 31.7 Å². The number of carbonyl (C=O) groups is 1. The summed E-state index contributed by atoms with van der Waals surface area (Å²) in [6.45, 7) is 3.31. The van der Waals surface area contributed by atoms with E-state index in [4.69, 9.17) is 23.2 Å². The van der Waals surface area contributed by atoms with Crippen LogP contribution in [0.15, 0.2) is 18.2 Å². The maximum atomic E-state index is 11.5. The highest BCUT2D eigenvalue weighted by Crippen LogP contribution is 2.21. The molecule has 1 aromatic carbocycles. The van der Waals surface area contributed by atoms with Gasteiger partial charge in [0.2, 0.25) is 0 Å². The van der Waals surface area contributed by atoms with Crippen LogP contribution in [0.4, 0.5) is 0 Å². The second kappa shape index (κ2) is 6.76. The van der Waals surface area contributed by atoms with Crippen molar-refractivity contribution in [3.63, 3.8) is 0 Å². The van der Waals surface area contributed by atoms with Crippen LogP contribution in [0, 0.1) is 0 Å². The number of rotatable bonds is 4. The molecule has 0 bridgehead atoms. The number of piperazine rings is 1. The van der Waals surface area contributed by atoms with Gasteiger partial charge in [-0.25, -0.2) is 0 Å². The van der Waals surface area contributed by atoms with E-state index in [1.165, 1.54) is 0 Å². The SMILES string of the molecule is CN1CCN([C@H](Cc2cc(Cl)cc(Cl)c2)C(=O)O)CC1. The van der Waals surface area contributed by atoms with E-state index in [-0.39, 0.29) is 0 Å². The van der Waals surface area contributed by atoms with Crippen LogP contribution in [0.25, 0.3) is 0 Å². The van der Waals surface area contributed by atoms with Crippen LogP contribution < -0.4 is 0 Å². The van der Waals surface area contributed by atoms with E-state index < -0.39 is 12.0 Å². The molecule has 0 amide bonds. The predicted octanol–water partition coefficient (Wildman–Crippen LogP) is 2.24. The molecule has 0 unspecified atom stereocenters. The molecule has 110 valence electrons. The monoisotopic (exact) mass is 316 g/mol. The molecule has 1 aliphatic rings. The summed E-state index contributed by atoms with van der Waals surface area (Å²) < 4.78 is 0. The van der Waals surface area contributed by atoms with Crippen molar-refractivity contribution in [1.82, 2.24) is 9.80 Å². The molecule has 0 saturated carbocycles. The minimum atomic E-state index is -0.800. The van der Waals surface area contributed by atoms with Crippen molar-refractivity contribution < 1.29 is 9.90 Å². The Morgan fingerprint density at radius 3 is 2.25 bits per heavy atom. The van der Waals surface area contributed by atoms with Crippen LogP contribution in [0.3, 0.4) is 0 Å². The fraction of sp³-hybridized carbons (Fsp3) is 0.500. The average molecular weight is 317 g/mol. The summed E-state index contributed by atoms with van der Waals surface area (Å²) in [4.78, 5) is 15.7. The smallest absolute Gasteiger partial charge is 0.321 e. The molecule has 0 radical (unpaired) electrons. The van der Waals surface area contributed by atoms with E-state index >= 15 is 0 Å². The fourth-order valence-corrected chi connectivity index (χ4v) is 3.03. The molecule has 0 spiro atoms. The summed E-state index contributed by atoms with van der Waals surface area (Å²) in [7, 11) is 2.05. The molecule has 1 atom stereocenters. The second-order valence-electron chi connectivity index (χ2n) is 5.18. The number of hydrogen-bond acceptors (Lipinski definition) is 3. The third-order valence-electron chi connectivity index (χ3n) is 3.62. The maximum absolute atomic E-state index is 11.5. The molecule has 4 nitrogen and oxygen atoms in total. The second-order valence-corrected chi connectivity index (χ2v) is 6.05. The average Bonchev–Trinajstić information content (AvgIpc) is 2.36. The normalized spacial score (nSPS) is 18.9. The Labute approximate surface area is 128 Å². The first kappa shape index (κ1) is 15.6. The van der Waals surface area contributed by atoms with Crippen molar-refractivity contribution in [1.29, 1.82) is 0 Å². The Morgan fingerprint density at radius 2 is 1.75 bits per heavy atom. The predicted molar refractivity (Wildman–Crippen MR) is 80.7 cm³/mol. The highest BCUT2D eigenvalue weighted by molar-refractivity contribution is 6.34. The first-order chi connectivity index (χ1) is 9.45. The first-order valence-electron chi connectivity index (χ1n) is 6.56. The molecule has 1 N–H and O–H groups in total. The van der Waals surface area contributed by atoms with Gasteiger partial charge in [-0.3, -0.25) is 9.69 Å². The van der Waals surface area contributed by atoms with Gasteiger partial charge in [0.25, 0.3) is 0 Å². The highest BCUT2D eigenvalue weighted by Gasteiger charge is 2.28. The van der Waals surface area contributed by atoms with Gasteiger partial charge in [0, 0.05) is 36.2 Å². The molecular formula is C14H18Cl2N2O2. The van der Waals surface area contributed by atoms with Gasteiger partial charge in [-0.1, -0.05) is 23.2 Å². The Balaban J connectivity index is 2.11. The number of carboxylic acid groups (broad SMARTS) is 1. The topological polar surface area (TPSA) is 43.8 Å². The summed E-state index contributed by atoms with van der Waals surface area (Å²) in [5.74, 6) is -0.800. The van der Waals surface area contributed by atoms with Gasteiger partial charge in [-0.2, -0.15) is 0 Å². The quantitative estimate of drug-likeness (QED) is 0.925. The first-order valence-corrected chi connectivity index (χ1v) is 7.31. The lowest BCUT2D eigenvalue weighted by atomic mass is 10.0. The van der Waals surface area contributed by atoms with Crippen molar-refractivity contribution in [2.24, 2.45) is 0 Å². The number of aliphatic carboxylic acids is 1. The lowest BCUT2D eigenvalue weighted by Gasteiger charge is -2.36. The Kier molecular flexibility index (Phi) is 5.27. The molecule has 6 heteroatoms. The minimum Gasteiger partial charge on any atom is -0.480 e. The van der Waals surface area contributed by atoms with Crippen LogP contribution in [0.5, 0.6) is 0 Å². The standard InChI is InChI=1S/C14H18Cl2N2O2/c1-17-2-4-18(5-3-17)13(14(19)20)8-10-6-11(15)9-12(16)7-10/h6-7,9,13H,2-5,8H2,1H3,(H,19,20)/t13-/m1/s1.